The molecule has 0 atom stereocenters. The van der Waals surface area contributed by atoms with E-state index in [9.17, 15) is 0 Å². The number of aromatic nitrogens is 2. The lowest BCUT2D eigenvalue weighted by molar-refractivity contribution is 0.415. The summed E-state index contributed by atoms with van der Waals surface area (Å²) in [6.07, 6.45) is 0. The Balaban J connectivity index is 2.36. The number of rotatable bonds is 3. The van der Waals surface area contributed by atoms with E-state index >= 15 is 0 Å². The first-order valence-electron chi connectivity index (χ1n) is 5.20. The van der Waals surface area contributed by atoms with Crippen LogP contribution in [0.3, 0.4) is 0 Å². The molecule has 0 aliphatic carbocycles. The number of methoxy groups -OCH3 is 1. The zero-order valence-corrected chi connectivity index (χ0v) is 11.4. The van der Waals surface area contributed by atoms with Crippen molar-refractivity contribution in [1.29, 1.82) is 0 Å². The molecular weight excluding hydrogens is 273 g/mol. The van der Waals surface area contributed by atoms with Gasteiger partial charge in [-0.2, -0.15) is 0 Å². The van der Waals surface area contributed by atoms with Gasteiger partial charge in [-0.1, -0.05) is 29.3 Å². The van der Waals surface area contributed by atoms with Crippen LogP contribution in [0.4, 0.5) is 11.4 Å². The fourth-order valence-corrected chi connectivity index (χ4v) is 1.74. The summed E-state index contributed by atoms with van der Waals surface area (Å²) in [7, 11) is 1.62. The summed E-state index contributed by atoms with van der Waals surface area (Å²) >= 11 is 11.7. The van der Waals surface area contributed by atoms with Gasteiger partial charge in [-0.3, -0.25) is 0 Å². The number of hydrogen-bond donors (Lipinski definition) is 1. The Kier molecular flexibility index (Phi) is 3.89. The molecule has 4 nitrogen and oxygen atoms in total. The lowest BCUT2D eigenvalue weighted by atomic mass is 10.2. The summed E-state index contributed by atoms with van der Waals surface area (Å²) in [4.78, 5) is 0. The topological polar surface area (TPSA) is 47.0 Å². The maximum absolute atomic E-state index is 5.95. The van der Waals surface area contributed by atoms with E-state index in [4.69, 9.17) is 27.9 Å². The molecule has 94 valence electrons. The molecule has 0 radical (unpaired) electrons. The van der Waals surface area contributed by atoms with Crippen LogP contribution >= 0.6 is 23.2 Å². The molecule has 0 amide bonds. The summed E-state index contributed by atoms with van der Waals surface area (Å²) in [6.45, 7) is 1.98. The Morgan fingerprint density at radius 3 is 2.61 bits per heavy atom. The average molecular weight is 284 g/mol. The van der Waals surface area contributed by atoms with Crippen LogP contribution in [0.25, 0.3) is 0 Å². The van der Waals surface area contributed by atoms with Crippen molar-refractivity contribution >= 4 is 34.6 Å². The maximum atomic E-state index is 5.95. The molecule has 0 bridgehead atoms. The smallest absolute Gasteiger partial charge is 0.175 e. The van der Waals surface area contributed by atoms with Crippen LogP contribution in [0.1, 0.15) is 5.56 Å². The summed E-state index contributed by atoms with van der Waals surface area (Å²) < 4.78 is 5.17. The van der Waals surface area contributed by atoms with Crippen LogP contribution < -0.4 is 10.1 Å². The molecule has 2 aromatic rings. The van der Waals surface area contributed by atoms with Gasteiger partial charge in [-0.15, -0.1) is 10.2 Å². The second-order valence-corrected chi connectivity index (χ2v) is 4.42. The molecule has 2 rings (SSSR count). The molecule has 0 fully saturated rings. The van der Waals surface area contributed by atoms with Crippen LogP contribution in [0, 0.1) is 6.92 Å². The first-order chi connectivity index (χ1) is 8.60. The first kappa shape index (κ1) is 12.9. The van der Waals surface area contributed by atoms with E-state index in [2.05, 4.69) is 15.5 Å². The number of benzene rings is 1. The van der Waals surface area contributed by atoms with Crippen molar-refractivity contribution in [2.45, 2.75) is 6.92 Å². The van der Waals surface area contributed by atoms with Crippen LogP contribution in [0.15, 0.2) is 24.3 Å². The minimum absolute atomic E-state index is 0.265. The van der Waals surface area contributed by atoms with Crippen LogP contribution in [0.2, 0.25) is 10.3 Å². The second-order valence-electron chi connectivity index (χ2n) is 3.68. The molecule has 0 spiro atoms. The maximum Gasteiger partial charge on any atom is 0.175 e. The van der Waals surface area contributed by atoms with Gasteiger partial charge >= 0.3 is 0 Å². The van der Waals surface area contributed by atoms with Crippen molar-refractivity contribution in [1.82, 2.24) is 10.2 Å². The zero-order chi connectivity index (χ0) is 13.1. The van der Waals surface area contributed by atoms with Crippen molar-refractivity contribution in [3.63, 3.8) is 0 Å². The van der Waals surface area contributed by atoms with E-state index in [-0.39, 0.29) is 10.3 Å². The van der Waals surface area contributed by atoms with Gasteiger partial charge in [0.1, 0.15) is 5.75 Å². The van der Waals surface area contributed by atoms with Crippen LogP contribution in [0.5, 0.6) is 5.75 Å². The predicted molar refractivity (Wildman–Crippen MR) is 73.1 cm³/mol. The molecule has 0 aliphatic rings. The van der Waals surface area contributed by atoms with E-state index in [1.165, 1.54) is 0 Å². The highest BCUT2D eigenvalue weighted by molar-refractivity contribution is 6.33. The number of hydrogen-bond acceptors (Lipinski definition) is 4. The monoisotopic (exact) mass is 283 g/mol. The van der Waals surface area contributed by atoms with Gasteiger partial charge in [0.25, 0.3) is 0 Å². The zero-order valence-electron chi connectivity index (χ0n) is 9.87. The Morgan fingerprint density at radius 1 is 1.11 bits per heavy atom. The number of nitrogens with one attached hydrogen (secondary N) is 1. The van der Waals surface area contributed by atoms with Crippen LogP contribution in [-0.2, 0) is 0 Å². The van der Waals surface area contributed by atoms with Crippen LogP contribution in [-0.4, -0.2) is 17.3 Å². The quantitative estimate of drug-likeness (QED) is 0.930. The van der Waals surface area contributed by atoms with Crippen molar-refractivity contribution in [2.24, 2.45) is 0 Å². The summed E-state index contributed by atoms with van der Waals surface area (Å²) in [6, 6.07) is 7.33. The molecule has 0 saturated heterocycles. The Bertz CT molecular complexity index is 575. The summed E-state index contributed by atoms with van der Waals surface area (Å²) in [5, 5.41) is 11.1. The van der Waals surface area contributed by atoms with E-state index in [0.717, 1.165) is 17.0 Å². The van der Waals surface area contributed by atoms with Gasteiger partial charge in [0.2, 0.25) is 0 Å². The molecule has 1 aromatic carbocycles. The number of ether oxygens (including phenoxy) is 1. The lowest BCUT2D eigenvalue weighted by Crippen LogP contribution is -1.97. The Morgan fingerprint density at radius 2 is 1.89 bits per heavy atom. The molecule has 0 aliphatic heterocycles. The molecule has 1 aromatic heterocycles. The number of anilines is 2. The third-order valence-corrected chi connectivity index (χ3v) is 2.90. The standard InChI is InChI=1S/C12H11Cl2N3O/c1-7-3-4-8(18-2)5-9(7)15-10-6-11(13)16-17-12(10)14/h3-6H,1-2H3,(H,15,16). The minimum Gasteiger partial charge on any atom is -0.497 e. The predicted octanol–water partition coefficient (Wildman–Crippen LogP) is 3.84. The van der Waals surface area contributed by atoms with Gasteiger partial charge in [0.15, 0.2) is 10.3 Å². The molecule has 1 heterocycles. The van der Waals surface area contributed by atoms with E-state index in [0.29, 0.717) is 5.69 Å². The Hall–Kier alpha value is -1.52. The third-order valence-electron chi connectivity index (χ3n) is 2.43. The summed E-state index contributed by atoms with van der Waals surface area (Å²) in [5.74, 6) is 0.757. The number of aryl methyl sites for hydroxylation is 1. The lowest BCUT2D eigenvalue weighted by Gasteiger charge is -2.11. The summed E-state index contributed by atoms with van der Waals surface area (Å²) in [5.41, 5.74) is 2.54. The number of nitrogens with zero attached hydrogens (tertiary/aromatic N) is 2. The van der Waals surface area contributed by atoms with Crippen molar-refractivity contribution < 1.29 is 4.74 Å². The first-order valence-corrected chi connectivity index (χ1v) is 5.96. The van der Waals surface area contributed by atoms with Crippen molar-refractivity contribution in [3.8, 4) is 5.75 Å². The van der Waals surface area contributed by atoms with Crippen molar-refractivity contribution in [2.75, 3.05) is 12.4 Å². The molecule has 18 heavy (non-hydrogen) atoms. The van der Waals surface area contributed by atoms with E-state index < -0.39 is 0 Å². The fraction of sp³-hybridized carbons (Fsp3) is 0.167. The molecule has 1 N–H and O–H groups in total. The highest BCUT2D eigenvalue weighted by Crippen LogP contribution is 2.29. The van der Waals surface area contributed by atoms with E-state index in [1.807, 2.05) is 25.1 Å². The van der Waals surface area contributed by atoms with Gasteiger partial charge in [-0.25, -0.2) is 0 Å². The van der Waals surface area contributed by atoms with Crippen molar-refractivity contribution in [3.05, 3.63) is 40.1 Å². The van der Waals surface area contributed by atoms with Gasteiger partial charge in [0.05, 0.1) is 12.8 Å². The number of halogens is 2. The molecular formula is C12H11Cl2N3O. The molecule has 0 saturated carbocycles. The largest absolute Gasteiger partial charge is 0.497 e. The highest BCUT2D eigenvalue weighted by atomic mass is 35.5. The Labute approximate surface area is 115 Å². The van der Waals surface area contributed by atoms with Gasteiger partial charge in [-0.05, 0) is 18.6 Å². The van der Waals surface area contributed by atoms with E-state index in [1.54, 1.807) is 13.2 Å². The minimum atomic E-state index is 0.265. The van der Waals surface area contributed by atoms with Gasteiger partial charge in [0, 0.05) is 17.8 Å². The highest BCUT2D eigenvalue weighted by Gasteiger charge is 2.07. The molecule has 0 unspecified atom stereocenters. The fourth-order valence-electron chi connectivity index (χ4n) is 1.45. The normalized spacial score (nSPS) is 10.2. The SMILES string of the molecule is COc1ccc(C)c(Nc2cc(Cl)nnc2Cl)c1. The third kappa shape index (κ3) is 2.83. The second kappa shape index (κ2) is 5.42. The molecule has 6 heteroatoms. The van der Waals surface area contributed by atoms with Gasteiger partial charge < -0.3 is 10.1 Å². The average Bonchev–Trinajstić information content (AvgIpc) is 2.36.